The highest BCUT2D eigenvalue weighted by atomic mass is 32.2. The Labute approximate surface area is 169 Å². The molecule has 3 amide bonds. The largest absolute Gasteiger partial charge is 0.385 e. The summed E-state index contributed by atoms with van der Waals surface area (Å²) in [6, 6.07) is 12.1. The van der Waals surface area contributed by atoms with E-state index in [2.05, 4.69) is 10.6 Å². The Hall–Kier alpha value is -2.71. The maximum atomic E-state index is 12.4. The summed E-state index contributed by atoms with van der Waals surface area (Å²) in [4.78, 5) is 24.0. The average molecular weight is 414 g/mol. The summed E-state index contributed by atoms with van der Waals surface area (Å²) in [5, 5.41) is 15.7. The minimum Gasteiger partial charge on any atom is -0.385 e. The predicted octanol–water partition coefficient (Wildman–Crippen LogP) is 2.19. The van der Waals surface area contributed by atoms with Crippen molar-refractivity contribution in [3.63, 3.8) is 0 Å². The minimum atomic E-state index is -3.06. The third kappa shape index (κ3) is 3.42. The van der Waals surface area contributed by atoms with Gasteiger partial charge in [0.25, 0.3) is 5.91 Å². The van der Waals surface area contributed by atoms with E-state index >= 15 is 0 Å². The number of aliphatic hydroxyl groups excluding tert-OH is 1. The molecule has 2 unspecified atom stereocenters. The van der Waals surface area contributed by atoms with Gasteiger partial charge in [-0.25, -0.2) is 13.2 Å². The van der Waals surface area contributed by atoms with Gasteiger partial charge in [0.15, 0.2) is 15.4 Å². The number of imide groups is 1. The maximum absolute atomic E-state index is 12.4. The monoisotopic (exact) mass is 414 g/mol. The summed E-state index contributed by atoms with van der Waals surface area (Å²) < 4.78 is 23.6. The molecule has 7 nitrogen and oxygen atoms in total. The highest BCUT2D eigenvalue weighted by Gasteiger charge is 2.51. The Morgan fingerprint density at radius 2 is 1.69 bits per heavy atom. The number of nitrogens with one attached hydrogen (secondary N) is 2. The SMILES string of the molecule is CCCC1(C(O)c2ccc(-c3ccc4c(c3)CS(=O)(=O)C4)cc2)NC(=O)NC1=O. The van der Waals surface area contributed by atoms with Crippen molar-refractivity contribution >= 4 is 21.8 Å². The Morgan fingerprint density at radius 3 is 2.31 bits per heavy atom. The van der Waals surface area contributed by atoms with Gasteiger partial charge in [0.2, 0.25) is 0 Å². The molecule has 2 aromatic carbocycles. The van der Waals surface area contributed by atoms with E-state index in [0.717, 1.165) is 22.3 Å². The van der Waals surface area contributed by atoms with Crippen LogP contribution in [0, 0.1) is 0 Å². The van der Waals surface area contributed by atoms with Gasteiger partial charge in [0.1, 0.15) is 6.10 Å². The molecule has 0 aliphatic carbocycles. The fourth-order valence-electron chi connectivity index (χ4n) is 4.15. The Bertz CT molecular complexity index is 1090. The van der Waals surface area contributed by atoms with Gasteiger partial charge in [-0.2, -0.15) is 0 Å². The lowest BCUT2D eigenvalue weighted by atomic mass is 9.83. The number of carbonyl (C=O) groups is 2. The first-order chi connectivity index (χ1) is 13.7. The van der Waals surface area contributed by atoms with Gasteiger partial charge in [-0.3, -0.25) is 10.1 Å². The van der Waals surface area contributed by atoms with Crippen molar-refractivity contribution in [2.45, 2.75) is 42.9 Å². The molecule has 2 aromatic rings. The number of hydrogen-bond acceptors (Lipinski definition) is 5. The minimum absolute atomic E-state index is 0.0569. The molecule has 1 saturated heterocycles. The molecule has 2 aliphatic heterocycles. The highest BCUT2D eigenvalue weighted by molar-refractivity contribution is 7.90. The third-order valence-electron chi connectivity index (χ3n) is 5.60. The lowest BCUT2D eigenvalue weighted by molar-refractivity contribution is -0.128. The maximum Gasteiger partial charge on any atom is 0.322 e. The molecule has 0 aromatic heterocycles. The second kappa shape index (κ2) is 6.96. The van der Waals surface area contributed by atoms with Crippen LogP contribution in [0.3, 0.4) is 0 Å². The molecule has 0 radical (unpaired) electrons. The summed E-state index contributed by atoms with van der Waals surface area (Å²) in [6.45, 7) is 1.88. The summed E-state index contributed by atoms with van der Waals surface area (Å²) in [7, 11) is -3.06. The van der Waals surface area contributed by atoms with Crippen molar-refractivity contribution in [3.05, 3.63) is 59.2 Å². The molecular formula is C21H22N2O5S. The molecule has 0 saturated carbocycles. The first-order valence-electron chi connectivity index (χ1n) is 9.48. The zero-order valence-electron chi connectivity index (χ0n) is 15.9. The number of hydrogen-bond donors (Lipinski definition) is 3. The quantitative estimate of drug-likeness (QED) is 0.649. The van der Waals surface area contributed by atoms with E-state index in [0.29, 0.717) is 18.4 Å². The van der Waals surface area contributed by atoms with Crippen molar-refractivity contribution in [2.24, 2.45) is 0 Å². The van der Waals surface area contributed by atoms with E-state index in [1.807, 2.05) is 37.3 Å². The molecule has 1 fully saturated rings. The van der Waals surface area contributed by atoms with Crippen LogP contribution < -0.4 is 10.6 Å². The van der Waals surface area contributed by atoms with Crippen LogP contribution in [0.25, 0.3) is 11.1 Å². The van der Waals surface area contributed by atoms with Gasteiger partial charge in [-0.15, -0.1) is 0 Å². The van der Waals surface area contributed by atoms with Crippen LogP contribution in [0.1, 0.15) is 42.6 Å². The second-order valence-electron chi connectivity index (χ2n) is 7.67. The topological polar surface area (TPSA) is 113 Å². The highest BCUT2D eigenvalue weighted by Crippen LogP contribution is 2.35. The molecular weight excluding hydrogens is 392 g/mol. The number of sulfone groups is 1. The summed E-state index contributed by atoms with van der Waals surface area (Å²) >= 11 is 0. The normalized spacial score (nSPS) is 23.4. The molecule has 152 valence electrons. The Morgan fingerprint density at radius 1 is 1.03 bits per heavy atom. The zero-order valence-corrected chi connectivity index (χ0v) is 16.8. The number of rotatable bonds is 5. The molecule has 8 heteroatoms. The number of amides is 3. The number of urea groups is 1. The number of carbonyl (C=O) groups excluding carboxylic acids is 2. The molecule has 0 bridgehead atoms. The lowest BCUT2D eigenvalue weighted by Crippen LogP contribution is -2.51. The summed E-state index contributed by atoms with van der Waals surface area (Å²) in [5.41, 5.74) is 2.55. The van der Waals surface area contributed by atoms with Crippen LogP contribution in [0.15, 0.2) is 42.5 Å². The number of benzene rings is 2. The molecule has 2 heterocycles. The standard InChI is InChI=1S/C21H22N2O5S/c1-2-9-21(19(25)22-20(26)23-21)18(24)14-5-3-13(4-6-14)15-7-8-16-11-29(27,28)12-17(16)10-15/h3-8,10,18,24H,2,9,11-12H2,1H3,(H2,22,23,25,26). The van der Waals surface area contributed by atoms with E-state index in [-0.39, 0.29) is 11.5 Å². The van der Waals surface area contributed by atoms with E-state index in [4.69, 9.17) is 0 Å². The second-order valence-corrected chi connectivity index (χ2v) is 9.73. The van der Waals surface area contributed by atoms with Crippen molar-refractivity contribution in [2.75, 3.05) is 0 Å². The molecule has 3 N–H and O–H groups in total. The van der Waals surface area contributed by atoms with Crippen LogP contribution in [0.4, 0.5) is 4.79 Å². The van der Waals surface area contributed by atoms with E-state index < -0.39 is 33.4 Å². The van der Waals surface area contributed by atoms with Crippen LogP contribution in [-0.2, 0) is 26.1 Å². The van der Waals surface area contributed by atoms with Gasteiger partial charge < -0.3 is 10.4 Å². The van der Waals surface area contributed by atoms with Crippen LogP contribution in [0.5, 0.6) is 0 Å². The van der Waals surface area contributed by atoms with Gasteiger partial charge in [0.05, 0.1) is 11.5 Å². The third-order valence-corrected chi connectivity index (χ3v) is 7.10. The first kappa shape index (κ1) is 19.6. The van der Waals surface area contributed by atoms with Gasteiger partial charge in [-0.05, 0) is 40.3 Å². The van der Waals surface area contributed by atoms with Crippen molar-refractivity contribution in [3.8, 4) is 11.1 Å². The van der Waals surface area contributed by atoms with Crippen LogP contribution >= 0.6 is 0 Å². The van der Waals surface area contributed by atoms with Gasteiger partial charge >= 0.3 is 6.03 Å². The average Bonchev–Trinajstić information content (AvgIpc) is 3.14. The lowest BCUT2D eigenvalue weighted by Gasteiger charge is -2.31. The van der Waals surface area contributed by atoms with E-state index in [9.17, 15) is 23.1 Å². The number of fused-ring (bicyclic) bond motifs is 1. The fraction of sp³-hybridized carbons (Fsp3) is 0.333. The molecule has 0 spiro atoms. The Balaban J connectivity index is 1.62. The summed E-state index contributed by atoms with van der Waals surface area (Å²) in [6.07, 6.45) is -0.263. The van der Waals surface area contributed by atoms with Crippen LogP contribution in [-0.4, -0.2) is 31.0 Å². The van der Waals surface area contributed by atoms with Crippen molar-refractivity contribution < 1.29 is 23.1 Å². The molecule has 2 atom stereocenters. The molecule has 4 rings (SSSR count). The van der Waals surface area contributed by atoms with Crippen LogP contribution in [0.2, 0.25) is 0 Å². The zero-order chi connectivity index (χ0) is 20.8. The summed E-state index contributed by atoms with van der Waals surface area (Å²) in [5.74, 6) is -0.386. The van der Waals surface area contributed by atoms with Crippen molar-refractivity contribution in [1.29, 1.82) is 0 Å². The molecule has 29 heavy (non-hydrogen) atoms. The van der Waals surface area contributed by atoms with Crippen molar-refractivity contribution in [1.82, 2.24) is 10.6 Å². The molecule has 2 aliphatic rings. The fourth-order valence-corrected chi connectivity index (χ4v) is 5.75. The van der Waals surface area contributed by atoms with Gasteiger partial charge in [0, 0.05) is 0 Å². The van der Waals surface area contributed by atoms with E-state index in [1.165, 1.54) is 0 Å². The Kier molecular flexibility index (Phi) is 4.71. The first-order valence-corrected chi connectivity index (χ1v) is 11.3. The van der Waals surface area contributed by atoms with Gasteiger partial charge in [-0.1, -0.05) is 49.7 Å². The predicted molar refractivity (Wildman–Crippen MR) is 107 cm³/mol. The van der Waals surface area contributed by atoms with E-state index in [1.54, 1.807) is 12.1 Å². The number of aliphatic hydroxyl groups is 1. The smallest absolute Gasteiger partial charge is 0.322 e.